The van der Waals surface area contributed by atoms with Crippen LogP contribution in [0.5, 0.6) is 0 Å². The van der Waals surface area contributed by atoms with Crippen molar-refractivity contribution in [2.24, 2.45) is 0 Å². The van der Waals surface area contributed by atoms with Crippen LogP contribution in [0, 0.1) is 0 Å². The minimum atomic E-state index is -0.163. The summed E-state index contributed by atoms with van der Waals surface area (Å²) in [6.45, 7) is 6.12. The van der Waals surface area contributed by atoms with Crippen LogP contribution in [0.1, 0.15) is 37.6 Å². The van der Waals surface area contributed by atoms with Crippen molar-refractivity contribution in [3.63, 3.8) is 0 Å². The first-order valence-corrected chi connectivity index (χ1v) is 5.91. The zero-order valence-electron chi connectivity index (χ0n) is 10.5. The normalized spacial score (nSPS) is 11.7. The number of carbonyl (C=O) groups excluding carboxylic acids is 1. The maximum absolute atomic E-state index is 12.1. The van der Waals surface area contributed by atoms with Crippen LogP contribution in [-0.2, 0) is 0 Å². The van der Waals surface area contributed by atoms with Gasteiger partial charge in [-0.2, -0.15) is 0 Å². The van der Waals surface area contributed by atoms with Crippen molar-refractivity contribution in [1.82, 2.24) is 10.3 Å². The molecule has 1 heterocycles. The van der Waals surface area contributed by atoms with Crippen molar-refractivity contribution in [2.75, 3.05) is 0 Å². The van der Waals surface area contributed by atoms with Crippen molar-refractivity contribution in [1.29, 1.82) is 0 Å². The third-order valence-electron chi connectivity index (χ3n) is 3.15. The Labute approximate surface area is 101 Å². The van der Waals surface area contributed by atoms with E-state index in [0.29, 0.717) is 5.56 Å². The van der Waals surface area contributed by atoms with E-state index in [4.69, 9.17) is 0 Å². The first-order chi connectivity index (χ1) is 8.02. The van der Waals surface area contributed by atoms with E-state index in [1.54, 1.807) is 0 Å². The monoisotopic (exact) mass is 230 g/mol. The lowest BCUT2D eigenvalue weighted by molar-refractivity contribution is 0.0911. The van der Waals surface area contributed by atoms with Gasteiger partial charge in [0.15, 0.2) is 0 Å². The smallest absolute Gasteiger partial charge is 0.251 e. The lowest BCUT2D eigenvalue weighted by atomic mass is 10.0. The molecular formula is C14H18N2O. The number of rotatable bonds is 3. The first-order valence-electron chi connectivity index (χ1n) is 5.91. The van der Waals surface area contributed by atoms with Crippen LogP contribution in [0.4, 0.5) is 0 Å². The molecule has 0 radical (unpaired) electrons. The second kappa shape index (κ2) is 4.24. The summed E-state index contributed by atoms with van der Waals surface area (Å²) in [5.41, 5.74) is 1.60. The molecule has 0 unspecified atom stereocenters. The summed E-state index contributed by atoms with van der Waals surface area (Å²) < 4.78 is 0. The number of hydrogen-bond acceptors (Lipinski definition) is 1. The number of benzene rings is 1. The van der Waals surface area contributed by atoms with Crippen LogP contribution in [0.2, 0.25) is 0 Å². The molecule has 0 aliphatic carbocycles. The van der Waals surface area contributed by atoms with Gasteiger partial charge in [-0.25, -0.2) is 0 Å². The Bertz CT molecular complexity index is 540. The predicted octanol–water partition coefficient (Wildman–Crippen LogP) is 3.09. The van der Waals surface area contributed by atoms with E-state index >= 15 is 0 Å². The van der Waals surface area contributed by atoms with Crippen molar-refractivity contribution < 1.29 is 4.79 Å². The zero-order chi connectivity index (χ0) is 12.5. The van der Waals surface area contributed by atoms with Gasteiger partial charge in [-0.05, 0) is 44.5 Å². The summed E-state index contributed by atoms with van der Waals surface area (Å²) in [6, 6.07) is 7.66. The van der Waals surface area contributed by atoms with Gasteiger partial charge >= 0.3 is 0 Å². The van der Waals surface area contributed by atoms with Crippen LogP contribution >= 0.6 is 0 Å². The fourth-order valence-electron chi connectivity index (χ4n) is 1.66. The van der Waals surface area contributed by atoms with Gasteiger partial charge in [-0.3, -0.25) is 4.79 Å². The van der Waals surface area contributed by atoms with Crippen LogP contribution in [-0.4, -0.2) is 16.4 Å². The van der Waals surface area contributed by atoms with Gasteiger partial charge < -0.3 is 10.3 Å². The second-order valence-corrected chi connectivity index (χ2v) is 4.97. The number of carbonyl (C=O) groups is 1. The molecule has 0 spiro atoms. The van der Waals surface area contributed by atoms with Crippen LogP contribution in [0.25, 0.3) is 10.9 Å². The van der Waals surface area contributed by atoms with E-state index < -0.39 is 0 Å². The summed E-state index contributed by atoms with van der Waals surface area (Å²) in [5.74, 6) is -0.0139. The maximum Gasteiger partial charge on any atom is 0.251 e. The van der Waals surface area contributed by atoms with Crippen LogP contribution in [0.15, 0.2) is 30.5 Å². The average molecular weight is 230 g/mol. The first kappa shape index (κ1) is 11.7. The molecule has 0 saturated heterocycles. The topological polar surface area (TPSA) is 44.9 Å². The molecule has 2 rings (SSSR count). The fourth-order valence-corrected chi connectivity index (χ4v) is 1.66. The van der Waals surface area contributed by atoms with Crippen molar-refractivity contribution in [3.8, 4) is 0 Å². The zero-order valence-corrected chi connectivity index (χ0v) is 10.5. The Hall–Kier alpha value is -1.77. The molecule has 0 saturated carbocycles. The Morgan fingerprint density at radius 2 is 2.12 bits per heavy atom. The SMILES string of the molecule is CCC(C)(C)NC(=O)c1ccc2[nH]ccc2c1. The molecule has 0 fully saturated rings. The van der Waals surface area contributed by atoms with E-state index in [1.165, 1.54) is 0 Å². The molecule has 90 valence electrons. The highest BCUT2D eigenvalue weighted by Crippen LogP contribution is 2.15. The Kier molecular flexibility index (Phi) is 2.92. The third-order valence-corrected chi connectivity index (χ3v) is 3.15. The van der Waals surface area contributed by atoms with Crippen molar-refractivity contribution >= 4 is 16.8 Å². The van der Waals surface area contributed by atoms with Crippen molar-refractivity contribution in [2.45, 2.75) is 32.7 Å². The highest BCUT2D eigenvalue weighted by atomic mass is 16.1. The van der Waals surface area contributed by atoms with E-state index in [1.807, 2.05) is 44.3 Å². The number of nitrogens with one attached hydrogen (secondary N) is 2. The molecule has 0 bridgehead atoms. The summed E-state index contributed by atoms with van der Waals surface area (Å²) in [7, 11) is 0. The summed E-state index contributed by atoms with van der Waals surface area (Å²) in [6.07, 6.45) is 2.79. The molecule has 0 aliphatic heterocycles. The fraction of sp³-hybridized carbons (Fsp3) is 0.357. The maximum atomic E-state index is 12.1. The summed E-state index contributed by atoms with van der Waals surface area (Å²) in [4.78, 5) is 15.2. The molecule has 1 amide bonds. The average Bonchev–Trinajstić information content (AvgIpc) is 2.75. The van der Waals surface area contributed by atoms with Crippen molar-refractivity contribution in [3.05, 3.63) is 36.0 Å². The number of H-pyrrole nitrogens is 1. The Morgan fingerprint density at radius 3 is 2.82 bits per heavy atom. The number of aromatic nitrogens is 1. The van der Waals surface area contributed by atoms with Crippen LogP contribution in [0.3, 0.4) is 0 Å². The van der Waals surface area contributed by atoms with E-state index in [9.17, 15) is 4.79 Å². The number of hydrogen-bond donors (Lipinski definition) is 2. The quantitative estimate of drug-likeness (QED) is 0.836. The third kappa shape index (κ3) is 2.49. The second-order valence-electron chi connectivity index (χ2n) is 4.97. The van der Waals surface area contributed by atoms with E-state index in [-0.39, 0.29) is 11.4 Å². The predicted molar refractivity (Wildman–Crippen MR) is 70.1 cm³/mol. The van der Waals surface area contributed by atoms with E-state index in [2.05, 4.69) is 17.2 Å². The minimum Gasteiger partial charge on any atom is -0.361 e. The molecule has 1 aromatic carbocycles. The lowest BCUT2D eigenvalue weighted by Gasteiger charge is -2.24. The van der Waals surface area contributed by atoms with Gasteiger partial charge in [0, 0.05) is 28.2 Å². The lowest BCUT2D eigenvalue weighted by Crippen LogP contribution is -2.42. The molecule has 2 N–H and O–H groups in total. The number of amides is 1. The number of fused-ring (bicyclic) bond motifs is 1. The van der Waals surface area contributed by atoms with Gasteiger partial charge in [0.05, 0.1) is 0 Å². The molecule has 1 aromatic heterocycles. The van der Waals surface area contributed by atoms with Gasteiger partial charge in [0.25, 0.3) is 5.91 Å². The number of aromatic amines is 1. The molecule has 2 aromatic rings. The van der Waals surface area contributed by atoms with Gasteiger partial charge in [0.1, 0.15) is 0 Å². The molecule has 3 heteroatoms. The summed E-state index contributed by atoms with van der Waals surface area (Å²) in [5, 5.41) is 4.09. The van der Waals surface area contributed by atoms with Gasteiger partial charge in [-0.15, -0.1) is 0 Å². The summed E-state index contributed by atoms with van der Waals surface area (Å²) >= 11 is 0. The largest absolute Gasteiger partial charge is 0.361 e. The molecule has 17 heavy (non-hydrogen) atoms. The Morgan fingerprint density at radius 1 is 1.35 bits per heavy atom. The Balaban J connectivity index is 2.24. The van der Waals surface area contributed by atoms with E-state index in [0.717, 1.165) is 17.3 Å². The van der Waals surface area contributed by atoms with Crippen LogP contribution < -0.4 is 5.32 Å². The molecule has 0 aliphatic rings. The molecular weight excluding hydrogens is 212 g/mol. The standard InChI is InChI=1S/C14H18N2O/c1-4-14(2,3)16-13(17)11-5-6-12-10(9-11)7-8-15-12/h5-9,15H,4H2,1-3H3,(H,16,17). The minimum absolute atomic E-state index is 0.0139. The molecule has 3 nitrogen and oxygen atoms in total. The molecule has 0 atom stereocenters. The van der Waals surface area contributed by atoms with Gasteiger partial charge in [0.2, 0.25) is 0 Å². The highest BCUT2D eigenvalue weighted by molar-refractivity contribution is 5.98. The van der Waals surface area contributed by atoms with Gasteiger partial charge in [-0.1, -0.05) is 6.92 Å². The highest BCUT2D eigenvalue weighted by Gasteiger charge is 2.18.